The summed E-state index contributed by atoms with van der Waals surface area (Å²) in [4.78, 5) is 0. The van der Waals surface area contributed by atoms with Crippen molar-refractivity contribution in [3.05, 3.63) is 0 Å². The molecule has 0 atom stereocenters. The van der Waals surface area contributed by atoms with E-state index in [1.54, 1.807) is 0 Å². The van der Waals surface area contributed by atoms with E-state index < -0.39 is 5.60 Å². The Bertz CT molecular complexity index is 206. The molecule has 0 aliphatic heterocycles. The van der Waals surface area contributed by atoms with Gasteiger partial charge in [0.1, 0.15) is 0 Å². The van der Waals surface area contributed by atoms with Crippen molar-refractivity contribution < 1.29 is 5.11 Å². The van der Waals surface area contributed by atoms with Gasteiger partial charge in [-0.05, 0) is 44.4 Å². The van der Waals surface area contributed by atoms with Crippen LogP contribution in [0.3, 0.4) is 0 Å². The second-order valence-electron chi connectivity index (χ2n) is 5.72. The summed E-state index contributed by atoms with van der Waals surface area (Å²) in [6.07, 6.45) is 6.41. The highest BCUT2D eigenvalue weighted by atomic mass is 16.3. The zero-order valence-corrected chi connectivity index (χ0v) is 9.71. The van der Waals surface area contributed by atoms with E-state index in [2.05, 4.69) is 12.2 Å². The molecular weight excluding hydrogens is 188 g/mol. The van der Waals surface area contributed by atoms with E-state index in [9.17, 15) is 5.11 Å². The molecule has 88 valence electrons. The topological polar surface area (TPSA) is 58.3 Å². The summed E-state index contributed by atoms with van der Waals surface area (Å²) in [5.74, 6) is 0.794. The SMILES string of the molecule is CC1CCC(O)(CNC2CC(N)C2)CC1. The van der Waals surface area contributed by atoms with Gasteiger partial charge in [-0.25, -0.2) is 0 Å². The Hall–Kier alpha value is -0.120. The highest BCUT2D eigenvalue weighted by Gasteiger charge is 2.33. The number of rotatable bonds is 3. The predicted octanol–water partition coefficient (Wildman–Crippen LogP) is 1.01. The Morgan fingerprint density at radius 1 is 1.33 bits per heavy atom. The summed E-state index contributed by atoms with van der Waals surface area (Å²) in [6, 6.07) is 0.951. The lowest BCUT2D eigenvalue weighted by molar-refractivity contribution is -0.0107. The van der Waals surface area contributed by atoms with Crippen LogP contribution in [0.1, 0.15) is 45.4 Å². The van der Waals surface area contributed by atoms with Gasteiger partial charge < -0.3 is 16.2 Å². The first-order valence-electron chi connectivity index (χ1n) is 6.29. The van der Waals surface area contributed by atoms with Gasteiger partial charge in [-0.2, -0.15) is 0 Å². The molecule has 0 amide bonds. The molecule has 2 saturated carbocycles. The normalized spacial score (nSPS) is 46.2. The Labute approximate surface area is 92.4 Å². The van der Waals surface area contributed by atoms with Gasteiger partial charge in [0.05, 0.1) is 5.60 Å². The Morgan fingerprint density at radius 2 is 1.93 bits per heavy atom. The van der Waals surface area contributed by atoms with Crippen molar-refractivity contribution in [3.8, 4) is 0 Å². The molecule has 0 heterocycles. The highest BCUT2D eigenvalue weighted by Crippen LogP contribution is 2.31. The lowest BCUT2D eigenvalue weighted by Crippen LogP contribution is -2.53. The molecule has 0 aromatic heterocycles. The zero-order valence-electron chi connectivity index (χ0n) is 9.71. The first-order chi connectivity index (χ1) is 7.07. The van der Waals surface area contributed by atoms with Crippen molar-refractivity contribution in [1.29, 1.82) is 0 Å². The second-order valence-corrected chi connectivity index (χ2v) is 5.72. The molecule has 2 aliphatic rings. The Morgan fingerprint density at radius 3 is 2.47 bits per heavy atom. The van der Waals surface area contributed by atoms with Crippen molar-refractivity contribution in [3.63, 3.8) is 0 Å². The van der Waals surface area contributed by atoms with E-state index >= 15 is 0 Å². The van der Waals surface area contributed by atoms with E-state index in [4.69, 9.17) is 5.73 Å². The maximum atomic E-state index is 10.3. The lowest BCUT2D eigenvalue weighted by atomic mass is 9.79. The molecule has 0 saturated heterocycles. The van der Waals surface area contributed by atoms with Crippen molar-refractivity contribution >= 4 is 0 Å². The maximum Gasteiger partial charge on any atom is 0.0771 e. The molecule has 0 radical (unpaired) electrons. The van der Waals surface area contributed by atoms with Crippen LogP contribution in [0.25, 0.3) is 0 Å². The van der Waals surface area contributed by atoms with E-state index in [0.29, 0.717) is 12.1 Å². The molecule has 0 aromatic rings. The predicted molar refractivity (Wildman–Crippen MR) is 61.6 cm³/mol. The monoisotopic (exact) mass is 212 g/mol. The lowest BCUT2D eigenvalue weighted by Gasteiger charge is -2.39. The van der Waals surface area contributed by atoms with E-state index in [1.165, 1.54) is 12.8 Å². The minimum absolute atomic E-state index is 0.392. The summed E-state index contributed by atoms with van der Waals surface area (Å²) in [5, 5.41) is 13.8. The summed E-state index contributed by atoms with van der Waals surface area (Å²) in [7, 11) is 0. The van der Waals surface area contributed by atoms with Crippen molar-refractivity contribution in [1.82, 2.24) is 5.32 Å². The smallest absolute Gasteiger partial charge is 0.0771 e. The van der Waals surface area contributed by atoms with Crippen molar-refractivity contribution in [2.45, 2.75) is 63.1 Å². The number of hydrogen-bond donors (Lipinski definition) is 3. The average molecular weight is 212 g/mol. The molecule has 0 bridgehead atoms. The summed E-state index contributed by atoms with van der Waals surface area (Å²) in [5.41, 5.74) is 5.29. The van der Waals surface area contributed by atoms with Gasteiger partial charge in [-0.3, -0.25) is 0 Å². The molecule has 0 aromatic carbocycles. The summed E-state index contributed by atoms with van der Waals surface area (Å²) >= 11 is 0. The number of aliphatic hydroxyl groups is 1. The molecule has 2 aliphatic carbocycles. The molecular formula is C12H24N2O. The second kappa shape index (κ2) is 4.40. The van der Waals surface area contributed by atoms with Gasteiger partial charge in [0.25, 0.3) is 0 Å². The molecule has 0 spiro atoms. The fourth-order valence-corrected chi connectivity index (χ4v) is 2.64. The summed E-state index contributed by atoms with van der Waals surface area (Å²) < 4.78 is 0. The van der Waals surface area contributed by atoms with Crippen LogP contribution in [0.4, 0.5) is 0 Å². The molecule has 2 fully saturated rings. The van der Waals surface area contributed by atoms with Crippen molar-refractivity contribution in [2.75, 3.05) is 6.54 Å². The number of nitrogens with one attached hydrogen (secondary N) is 1. The number of hydrogen-bond acceptors (Lipinski definition) is 3. The van der Waals surface area contributed by atoms with Gasteiger partial charge in [-0.1, -0.05) is 6.92 Å². The maximum absolute atomic E-state index is 10.3. The molecule has 3 nitrogen and oxygen atoms in total. The molecule has 15 heavy (non-hydrogen) atoms. The van der Waals surface area contributed by atoms with Crippen LogP contribution in [0, 0.1) is 5.92 Å². The average Bonchev–Trinajstić information content (AvgIpc) is 2.16. The first-order valence-corrected chi connectivity index (χ1v) is 6.29. The largest absolute Gasteiger partial charge is 0.389 e. The van der Waals surface area contributed by atoms with Crippen LogP contribution in [0.2, 0.25) is 0 Å². The number of nitrogens with two attached hydrogens (primary N) is 1. The minimum atomic E-state index is -0.438. The molecule has 3 heteroatoms. The highest BCUT2D eigenvalue weighted by molar-refractivity contribution is 4.92. The third kappa shape index (κ3) is 2.92. The van der Waals surface area contributed by atoms with E-state index in [0.717, 1.165) is 38.1 Å². The third-order valence-corrected chi connectivity index (χ3v) is 4.10. The van der Waals surface area contributed by atoms with Gasteiger partial charge in [-0.15, -0.1) is 0 Å². The zero-order chi connectivity index (χ0) is 10.9. The fraction of sp³-hybridized carbons (Fsp3) is 1.00. The van der Waals surface area contributed by atoms with Crippen LogP contribution < -0.4 is 11.1 Å². The van der Waals surface area contributed by atoms with Gasteiger partial charge in [0.15, 0.2) is 0 Å². The van der Waals surface area contributed by atoms with Gasteiger partial charge >= 0.3 is 0 Å². The van der Waals surface area contributed by atoms with Crippen LogP contribution in [-0.4, -0.2) is 29.3 Å². The van der Waals surface area contributed by atoms with Crippen LogP contribution in [-0.2, 0) is 0 Å². The van der Waals surface area contributed by atoms with E-state index in [-0.39, 0.29) is 0 Å². The molecule has 2 rings (SSSR count). The van der Waals surface area contributed by atoms with Crippen LogP contribution >= 0.6 is 0 Å². The Kier molecular flexibility index (Phi) is 3.33. The third-order valence-electron chi connectivity index (χ3n) is 4.10. The standard InChI is InChI=1S/C12H24N2O/c1-9-2-4-12(15,5-3-9)8-14-11-6-10(13)7-11/h9-11,14-15H,2-8,13H2,1H3. The Balaban J connectivity index is 1.69. The van der Waals surface area contributed by atoms with Gasteiger partial charge in [0, 0.05) is 18.6 Å². The molecule has 0 unspecified atom stereocenters. The van der Waals surface area contributed by atoms with Gasteiger partial charge in [0.2, 0.25) is 0 Å². The van der Waals surface area contributed by atoms with Crippen LogP contribution in [0.5, 0.6) is 0 Å². The van der Waals surface area contributed by atoms with Crippen LogP contribution in [0.15, 0.2) is 0 Å². The molecule has 4 N–H and O–H groups in total. The van der Waals surface area contributed by atoms with E-state index in [1.807, 2.05) is 0 Å². The fourth-order valence-electron chi connectivity index (χ4n) is 2.64. The first kappa shape index (κ1) is 11.4. The minimum Gasteiger partial charge on any atom is -0.389 e. The van der Waals surface area contributed by atoms with Crippen molar-refractivity contribution in [2.24, 2.45) is 11.7 Å². The quantitative estimate of drug-likeness (QED) is 0.654. The summed E-state index contributed by atoms with van der Waals surface area (Å²) in [6.45, 7) is 3.04.